The molecule has 0 spiro atoms. The monoisotopic (exact) mass is 262 g/mol. The maximum absolute atomic E-state index is 5.83. The minimum atomic E-state index is 0.564. The van der Waals surface area contributed by atoms with Gasteiger partial charge >= 0.3 is 0 Å². The molecule has 0 aromatic heterocycles. The molecular weight excluding hydrogens is 236 g/mol. The molecule has 3 nitrogen and oxygen atoms in total. The molecule has 2 atom stereocenters. The number of rotatable bonds is 5. The van der Waals surface area contributed by atoms with Gasteiger partial charge in [0.25, 0.3) is 0 Å². The Kier molecular flexibility index (Phi) is 5.23. The van der Waals surface area contributed by atoms with Crippen LogP contribution in [-0.2, 0) is 6.54 Å². The normalized spacial score (nSPS) is 19.1. The average Bonchev–Trinajstić information content (AvgIpc) is 2.66. The van der Waals surface area contributed by atoms with Gasteiger partial charge in [0, 0.05) is 24.7 Å². The smallest absolute Gasteiger partial charge is 0.123 e. The van der Waals surface area contributed by atoms with Crippen LogP contribution in [0.3, 0.4) is 0 Å². The van der Waals surface area contributed by atoms with E-state index in [0.29, 0.717) is 12.0 Å². The molecule has 0 aliphatic carbocycles. The minimum absolute atomic E-state index is 0.564. The van der Waals surface area contributed by atoms with Gasteiger partial charge in [-0.05, 0) is 32.0 Å². The van der Waals surface area contributed by atoms with E-state index < -0.39 is 0 Å². The largest absolute Gasteiger partial charge is 0.492 e. The van der Waals surface area contributed by atoms with Gasteiger partial charge in [-0.1, -0.05) is 32.0 Å². The summed E-state index contributed by atoms with van der Waals surface area (Å²) in [6.07, 6.45) is 0. The van der Waals surface area contributed by atoms with Crippen LogP contribution in [0.1, 0.15) is 26.3 Å². The average molecular weight is 262 g/mol. The Morgan fingerprint density at radius 1 is 1.32 bits per heavy atom. The fraction of sp³-hybridized carbons (Fsp3) is 0.625. The number of fused-ring (bicyclic) bond motifs is 1. The zero-order valence-corrected chi connectivity index (χ0v) is 12.4. The Balaban J connectivity index is 2.01. The molecule has 1 aromatic carbocycles. The van der Waals surface area contributed by atoms with Crippen molar-refractivity contribution >= 4 is 0 Å². The van der Waals surface area contributed by atoms with E-state index in [1.807, 2.05) is 6.07 Å². The lowest BCUT2D eigenvalue weighted by molar-refractivity contribution is 0.139. The van der Waals surface area contributed by atoms with E-state index in [1.165, 1.54) is 5.56 Å². The van der Waals surface area contributed by atoms with Gasteiger partial charge in [0.2, 0.25) is 0 Å². The molecule has 1 aliphatic rings. The molecule has 106 valence electrons. The van der Waals surface area contributed by atoms with Crippen molar-refractivity contribution in [3.63, 3.8) is 0 Å². The van der Waals surface area contributed by atoms with E-state index in [2.05, 4.69) is 49.2 Å². The minimum Gasteiger partial charge on any atom is -0.492 e. The lowest BCUT2D eigenvalue weighted by atomic mass is 10.0. The molecule has 1 N–H and O–H groups in total. The zero-order valence-electron chi connectivity index (χ0n) is 12.4. The molecule has 3 heteroatoms. The molecule has 0 bridgehead atoms. The van der Waals surface area contributed by atoms with Gasteiger partial charge in [-0.3, -0.25) is 4.90 Å². The quantitative estimate of drug-likeness (QED) is 0.882. The lowest BCUT2D eigenvalue weighted by Crippen LogP contribution is -2.41. The number of nitrogens with zero attached hydrogens (tertiary/aromatic N) is 1. The number of benzene rings is 1. The third-order valence-electron chi connectivity index (χ3n) is 4.10. The van der Waals surface area contributed by atoms with Crippen molar-refractivity contribution in [2.45, 2.75) is 33.4 Å². The molecular formula is C16H26N2O. The summed E-state index contributed by atoms with van der Waals surface area (Å²) in [6, 6.07) is 8.96. The zero-order chi connectivity index (χ0) is 13.7. The van der Waals surface area contributed by atoms with Gasteiger partial charge in [0.15, 0.2) is 0 Å². The summed E-state index contributed by atoms with van der Waals surface area (Å²) in [6.45, 7) is 11.7. The Bertz CT molecular complexity index is 394. The highest BCUT2D eigenvalue weighted by Gasteiger charge is 2.23. The first-order chi connectivity index (χ1) is 9.22. The molecule has 19 heavy (non-hydrogen) atoms. The van der Waals surface area contributed by atoms with E-state index in [-0.39, 0.29) is 0 Å². The number of hydrogen-bond acceptors (Lipinski definition) is 3. The van der Waals surface area contributed by atoms with Gasteiger partial charge in [-0.25, -0.2) is 0 Å². The summed E-state index contributed by atoms with van der Waals surface area (Å²) < 4.78 is 5.83. The Morgan fingerprint density at radius 2 is 2.11 bits per heavy atom. The first-order valence-corrected chi connectivity index (χ1v) is 7.37. The topological polar surface area (TPSA) is 24.5 Å². The fourth-order valence-corrected chi connectivity index (χ4v) is 2.60. The molecule has 2 rings (SSSR count). The molecule has 0 saturated carbocycles. The van der Waals surface area contributed by atoms with Crippen LogP contribution in [0.5, 0.6) is 5.75 Å². The number of hydrogen-bond donors (Lipinski definition) is 1. The molecule has 0 amide bonds. The standard InChI is InChI=1S/C16H26N2O/c1-4-17-11-13(2)14(3)18-9-10-19-16-8-6-5-7-15(16)12-18/h5-8,13-14,17H,4,9-12H2,1-3H3. The lowest BCUT2D eigenvalue weighted by Gasteiger charge is -2.32. The molecule has 1 aliphatic heterocycles. The molecule has 2 unspecified atom stereocenters. The predicted octanol–water partition coefficient (Wildman–Crippen LogP) is 2.52. The summed E-state index contributed by atoms with van der Waals surface area (Å²) >= 11 is 0. The second-order valence-electron chi connectivity index (χ2n) is 5.45. The first-order valence-electron chi connectivity index (χ1n) is 7.37. The van der Waals surface area contributed by atoms with Crippen LogP contribution in [0.25, 0.3) is 0 Å². The van der Waals surface area contributed by atoms with Gasteiger partial charge in [0.05, 0.1) is 0 Å². The van der Waals surface area contributed by atoms with Crippen molar-refractivity contribution in [3.8, 4) is 5.75 Å². The summed E-state index contributed by atoms with van der Waals surface area (Å²) in [7, 11) is 0. The number of para-hydroxylation sites is 1. The first kappa shape index (κ1) is 14.4. The van der Waals surface area contributed by atoms with Crippen molar-refractivity contribution in [1.29, 1.82) is 0 Å². The SMILES string of the molecule is CCNCC(C)C(C)N1CCOc2ccccc2C1. The maximum Gasteiger partial charge on any atom is 0.123 e. The summed E-state index contributed by atoms with van der Waals surface area (Å²) in [5.74, 6) is 1.70. The second-order valence-corrected chi connectivity index (χ2v) is 5.45. The van der Waals surface area contributed by atoms with Crippen LogP contribution in [0, 0.1) is 5.92 Å². The van der Waals surface area contributed by atoms with Crippen molar-refractivity contribution in [2.24, 2.45) is 5.92 Å². The highest BCUT2D eigenvalue weighted by Crippen LogP contribution is 2.24. The van der Waals surface area contributed by atoms with Crippen molar-refractivity contribution < 1.29 is 4.74 Å². The summed E-state index contributed by atoms with van der Waals surface area (Å²) in [4.78, 5) is 2.54. The van der Waals surface area contributed by atoms with Gasteiger partial charge < -0.3 is 10.1 Å². The van der Waals surface area contributed by atoms with Crippen LogP contribution in [-0.4, -0.2) is 37.2 Å². The van der Waals surface area contributed by atoms with E-state index >= 15 is 0 Å². The summed E-state index contributed by atoms with van der Waals surface area (Å²) in [5, 5.41) is 3.44. The molecule has 0 saturated heterocycles. The third-order valence-corrected chi connectivity index (χ3v) is 4.10. The third kappa shape index (κ3) is 3.71. The van der Waals surface area contributed by atoms with E-state index in [9.17, 15) is 0 Å². The summed E-state index contributed by atoms with van der Waals surface area (Å²) in [5.41, 5.74) is 1.31. The second kappa shape index (κ2) is 6.92. The number of nitrogens with one attached hydrogen (secondary N) is 1. The Morgan fingerprint density at radius 3 is 2.89 bits per heavy atom. The van der Waals surface area contributed by atoms with E-state index in [1.54, 1.807) is 0 Å². The van der Waals surface area contributed by atoms with Gasteiger partial charge in [0.1, 0.15) is 12.4 Å². The van der Waals surface area contributed by atoms with Crippen molar-refractivity contribution in [3.05, 3.63) is 29.8 Å². The van der Waals surface area contributed by atoms with Crippen LogP contribution in [0.15, 0.2) is 24.3 Å². The molecule has 1 heterocycles. The maximum atomic E-state index is 5.83. The van der Waals surface area contributed by atoms with E-state index in [4.69, 9.17) is 4.74 Å². The predicted molar refractivity (Wildman–Crippen MR) is 79.5 cm³/mol. The Hall–Kier alpha value is -1.06. The van der Waals surface area contributed by atoms with Crippen LogP contribution in [0.2, 0.25) is 0 Å². The molecule has 0 radical (unpaired) electrons. The van der Waals surface area contributed by atoms with Gasteiger partial charge in [-0.15, -0.1) is 0 Å². The van der Waals surface area contributed by atoms with Crippen LogP contribution in [0.4, 0.5) is 0 Å². The van der Waals surface area contributed by atoms with Crippen LogP contribution >= 0.6 is 0 Å². The molecule has 1 aromatic rings. The number of ether oxygens (including phenoxy) is 1. The van der Waals surface area contributed by atoms with Crippen molar-refractivity contribution in [1.82, 2.24) is 10.2 Å². The van der Waals surface area contributed by atoms with Gasteiger partial charge in [-0.2, -0.15) is 0 Å². The highest BCUT2D eigenvalue weighted by molar-refractivity contribution is 5.33. The van der Waals surface area contributed by atoms with E-state index in [0.717, 1.165) is 38.5 Å². The highest BCUT2D eigenvalue weighted by atomic mass is 16.5. The molecule has 0 fully saturated rings. The van der Waals surface area contributed by atoms with Crippen molar-refractivity contribution in [2.75, 3.05) is 26.2 Å². The fourth-order valence-electron chi connectivity index (χ4n) is 2.60. The van der Waals surface area contributed by atoms with Crippen LogP contribution < -0.4 is 10.1 Å². The Labute approximate surface area is 116 Å².